The molecule has 1 fully saturated rings. The zero-order valence-electron chi connectivity index (χ0n) is 22.3. The minimum atomic E-state index is -0.865. The SMILES string of the molecule is O=C(c1ccccc1)N1c2ccccc2N2C(=O)[C@@H](Oc3ccccc3)[C@]2(c2ccccc2)C[C@@H]1c1ccccc1. The number of amides is 2. The van der Waals surface area contributed by atoms with Gasteiger partial charge in [0.15, 0.2) is 0 Å². The van der Waals surface area contributed by atoms with Crippen molar-refractivity contribution < 1.29 is 14.3 Å². The lowest BCUT2D eigenvalue weighted by Gasteiger charge is -2.56. The Morgan fingerprint density at radius 1 is 0.659 bits per heavy atom. The summed E-state index contributed by atoms with van der Waals surface area (Å²) in [5, 5.41) is 0. The van der Waals surface area contributed by atoms with Gasteiger partial charge in [-0.25, -0.2) is 0 Å². The fraction of sp³-hybridized carbons (Fsp3) is 0.111. The summed E-state index contributed by atoms with van der Waals surface area (Å²) in [6.07, 6.45) is -0.337. The molecular formula is C36H28N2O3. The molecule has 7 rings (SSSR count). The van der Waals surface area contributed by atoms with Crippen LogP contribution in [0.15, 0.2) is 146 Å². The molecule has 0 bridgehead atoms. The number of fused-ring (bicyclic) bond motifs is 3. The maximum absolute atomic E-state index is 14.4. The lowest BCUT2D eigenvalue weighted by molar-refractivity contribution is -0.142. The Morgan fingerprint density at radius 2 is 1.20 bits per heavy atom. The number of hydrogen-bond acceptors (Lipinski definition) is 3. The molecule has 2 aliphatic heterocycles. The standard InChI is InChI=1S/C36H28N2O3/c39-34(27-17-7-2-8-18-27)37-30-23-13-14-24-31(30)38-35(40)33(41-29-21-11-4-12-22-29)36(38,28-19-9-3-10-20-28)25-32(37)26-15-5-1-6-16-26/h1-24,32-33H,25H2/t32-,33-,36-/m1/s1. The van der Waals surface area contributed by atoms with E-state index in [0.29, 0.717) is 29.1 Å². The minimum Gasteiger partial charge on any atom is -0.478 e. The van der Waals surface area contributed by atoms with Crippen molar-refractivity contribution in [2.24, 2.45) is 0 Å². The van der Waals surface area contributed by atoms with E-state index in [1.54, 1.807) is 0 Å². The van der Waals surface area contributed by atoms with Crippen LogP contribution in [0.25, 0.3) is 0 Å². The molecule has 0 aromatic heterocycles. The van der Waals surface area contributed by atoms with Crippen molar-refractivity contribution in [3.8, 4) is 5.75 Å². The molecule has 2 heterocycles. The number of β-lactam (4-membered cyclic amide) rings is 1. The molecule has 5 aromatic carbocycles. The summed E-state index contributed by atoms with van der Waals surface area (Å²) in [6, 6.07) is 46.3. The number of ether oxygens (including phenoxy) is 1. The molecule has 200 valence electrons. The molecule has 41 heavy (non-hydrogen) atoms. The molecule has 5 heteroatoms. The normalized spacial score (nSPS) is 21.2. The van der Waals surface area contributed by atoms with Crippen LogP contribution in [0.1, 0.15) is 33.9 Å². The molecule has 0 N–H and O–H groups in total. The molecule has 0 unspecified atom stereocenters. The Kier molecular flexibility index (Phi) is 6.12. The van der Waals surface area contributed by atoms with Crippen LogP contribution in [0.5, 0.6) is 5.75 Å². The highest BCUT2D eigenvalue weighted by Crippen LogP contribution is 2.57. The smallest absolute Gasteiger partial charge is 0.271 e. The zero-order chi connectivity index (χ0) is 27.8. The number of anilines is 2. The number of para-hydroxylation sites is 3. The lowest BCUT2D eigenvalue weighted by Crippen LogP contribution is -2.74. The first kappa shape index (κ1) is 24.9. The summed E-state index contributed by atoms with van der Waals surface area (Å²) in [7, 11) is 0. The molecule has 0 radical (unpaired) electrons. The highest BCUT2D eigenvalue weighted by Gasteiger charge is 2.66. The molecule has 5 nitrogen and oxygen atoms in total. The molecule has 0 aliphatic carbocycles. The number of carbonyl (C=O) groups excluding carboxylic acids is 2. The average molecular weight is 537 g/mol. The first-order chi connectivity index (χ1) is 20.2. The van der Waals surface area contributed by atoms with Gasteiger partial charge in [-0.05, 0) is 47.5 Å². The second kappa shape index (κ2) is 10.1. The van der Waals surface area contributed by atoms with Gasteiger partial charge in [-0.15, -0.1) is 0 Å². The van der Waals surface area contributed by atoms with E-state index in [-0.39, 0.29) is 17.9 Å². The van der Waals surface area contributed by atoms with Crippen LogP contribution >= 0.6 is 0 Å². The minimum absolute atomic E-state index is 0.120. The number of hydrogen-bond donors (Lipinski definition) is 0. The first-order valence-corrected chi connectivity index (χ1v) is 13.8. The highest BCUT2D eigenvalue weighted by molar-refractivity contribution is 6.14. The van der Waals surface area contributed by atoms with Crippen LogP contribution in [0.4, 0.5) is 11.4 Å². The quantitative estimate of drug-likeness (QED) is 0.224. The van der Waals surface area contributed by atoms with E-state index in [4.69, 9.17) is 4.74 Å². The van der Waals surface area contributed by atoms with Gasteiger partial charge in [0.05, 0.1) is 17.4 Å². The maximum atomic E-state index is 14.4. The number of rotatable bonds is 5. The van der Waals surface area contributed by atoms with Gasteiger partial charge >= 0.3 is 0 Å². The summed E-state index contributed by atoms with van der Waals surface area (Å²) >= 11 is 0. The fourth-order valence-corrected chi connectivity index (χ4v) is 6.33. The van der Waals surface area contributed by atoms with Crippen molar-refractivity contribution >= 4 is 23.2 Å². The molecule has 1 saturated heterocycles. The van der Waals surface area contributed by atoms with Crippen LogP contribution in [0.2, 0.25) is 0 Å². The third kappa shape index (κ3) is 4.01. The van der Waals surface area contributed by atoms with E-state index >= 15 is 0 Å². The molecule has 0 saturated carbocycles. The van der Waals surface area contributed by atoms with Gasteiger partial charge in [0.1, 0.15) is 11.3 Å². The number of benzene rings is 5. The summed E-state index contributed by atoms with van der Waals surface area (Å²) in [5.74, 6) is 0.378. The van der Waals surface area contributed by atoms with Gasteiger partial charge in [0.25, 0.3) is 11.8 Å². The van der Waals surface area contributed by atoms with E-state index in [2.05, 4.69) is 24.3 Å². The Labute approximate surface area is 239 Å². The second-order valence-electron chi connectivity index (χ2n) is 10.4. The Bertz CT molecular complexity index is 1690. The average Bonchev–Trinajstić information content (AvgIpc) is 3.16. The number of carbonyl (C=O) groups is 2. The largest absolute Gasteiger partial charge is 0.478 e. The van der Waals surface area contributed by atoms with Gasteiger partial charge in [-0.1, -0.05) is 109 Å². The fourth-order valence-electron chi connectivity index (χ4n) is 6.33. The van der Waals surface area contributed by atoms with E-state index in [1.807, 2.05) is 131 Å². The van der Waals surface area contributed by atoms with Crippen molar-refractivity contribution in [3.63, 3.8) is 0 Å². The summed E-state index contributed by atoms with van der Waals surface area (Å²) < 4.78 is 6.53. The lowest BCUT2D eigenvalue weighted by atomic mass is 9.70. The Balaban J connectivity index is 1.48. The van der Waals surface area contributed by atoms with Gasteiger partial charge < -0.3 is 4.74 Å². The van der Waals surface area contributed by atoms with Crippen LogP contribution in [-0.4, -0.2) is 17.9 Å². The molecule has 3 atom stereocenters. The van der Waals surface area contributed by atoms with E-state index < -0.39 is 11.6 Å². The third-order valence-corrected chi connectivity index (χ3v) is 8.17. The molecule has 2 aliphatic rings. The number of nitrogens with zero attached hydrogens (tertiary/aromatic N) is 2. The van der Waals surface area contributed by atoms with Crippen LogP contribution in [0, 0.1) is 0 Å². The van der Waals surface area contributed by atoms with Gasteiger partial charge in [0.2, 0.25) is 6.10 Å². The van der Waals surface area contributed by atoms with Gasteiger partial charge in [0, 0.05) is 12.0 Å². The molecule has 5 aromatic rings. The van der Waals surface area contributed by atoms with Crippen molar-refractivity contribution in [2.45, 2.75) is 24.1 Å². The van der Waals surface area contributed by atoms with Crippen molar-refractivity contribution in [1.29, 1.82) is 0 Å². The zero-order valence-corrected chi connectivity index (χ0v) is 22.3. The maximum Gasteiger partial charge on any atom is 0.271 e. The van der Waals surface area contributed by atoms with Crippen LogP contribution < -0.4 is 14.5 Å². The van der Waals surface area contributed by atoms with Gasteiger partial charge in [-0.2, -0.15) is 0 Å². The van der Waals surface area contributed by atoms with Gasteiger partial charge in [-0.3, -0.25) is 19.4 Å². The second-order valence-corrected chi connectivity index (χ2v) is 10.4. The third-order valence-electron chi connectivity index (χ3n) is 8.17. The highest BCUT2D eigenvalue weighted by atomic mass is 16.5. The van der Waals surface area contributed by atoms with Crippen LogP contribution in [0.3, 0.4) is 0 Å². The van der Waals surface area contributed by atoms with Crippen molar-refractivity contribution in [3.05, 3.63) is 162 Å². The molecule has 2 amide bonds. The monoisotopic (exact) mass is 536 g/mol. The molecular weight excluding hydrogens is 508 g/mol. The van der Waals surface area contributed by atoms with E-state index in [0.717, 1.165) is 11.1 Å². The summed E-state index contributed by atoms with van der Waals surface area (Å²) in [6.45, 7) is 0. The summed E-state index contributed by atoms with van der Waals surface area (Å²) in [4.78, 5) is 32.3. The summed E-state index contributed by atoms with van der Waals surface area (Å²) in [5.41, 5.74) is 3.06. The predicted octanol–water partition coefficient (Wildman–Crippen LogP) is 7.17. The Hall–Kier alpha value is -5.16. The molecule has 0 spiro atoms. The Morgan fingerprint density at radius 3 is 1.85 bits per heavy atom. The van der Waals surface area contributed by atoms with Crippen LogP contribution in [-0.2, 0) is 10.3 Å². The first-order valence-electron chi connectivity index (χ1n) is 13.8. The van der Waals surface area contributed by atoms with E-state index in [1.165, 1.54) is 0 Å². The predicted molar refractivity (Wildman–Crippen MR) is 160 cm³/mol. The van der Waals surface area contributed by atoms with Crippen molar-refractivity contribution in [2.75, 3.05) is 9.80 Å². The van der Waals surface area contributed by atoms with Crippen molar-refractivity contribution in [1.82, 2.24) is 0 Å². The van der Waals surface area contributed by atoms with E-state index in [9.17, 15) is 9.59 Å². The topological polar surface area (TPSA) is 49.9 Å².